The minimum absolute atomic E-state index is 0.0355. The highest BCUT2D eigenvalue weighted by Gasteiger charge is 2.32. The number of ether oxygens (including phenoxy) is 2. The molecule has 0 aliphatic carbocycles. The van der Waals surface area contributed by atoms with Crippen LogP contribution in [0.3, 0.4) is 0 Å². The molecule has 1 heterocycles. The lowest BCUT2D eigenvalue weighted by atomic mass is 9.86. The number of aliphatic hydroxyl groups is 1. The summed E-state index contributed by atoms with van der Waals surface area (Å²) in [5.41, 5.74) is 2.70. The van der Waals surface area contributed by atoms with E-state index in [2.05, 4.69) is 10.6 Å². The molecule has 4 rings (SSSR count). The number of hydrogen-bond acceptors (Lipinski definition) is 6. The Kier molecular flexibility index (Phi) is 13.8. The largest absolute Gasteiger partial charge is 0.489 e. The summed E-state index contributed by atoms with van der Waals surface area (Å²) in [5, 5.41) is 16.1. The zero-order valence-electron chi connectivity index (χ0n) is 28.4. The van der Waals surface area contributed by atoms with Crippen molar-refractivity contribution in [1.82, 2.24) is 10.6 Å². The van der Waals surface area contributed by atoms with Crippen LogP contribution in [0.5, 0.6) is 5.75 Å². The maximum absolute atomic E-state index is 13.6. The van der Waals surface area contributed by atoms with Crippen LogP contribution in [-0.4, -0.2) is 48.2 Å². The number of hydrogen-bond donors (Lipinski definition) is 3. The molecule has 8 heteroatoms. The van der Waals surface area contributed by atoms with Crippen LogP contribution in [-0.2, 0) is 38.6 Å². The number of aliphatic hydroxyl groups excluding tert-OH is 1. The number of amides is 2. The second-order valence-electron chi connectivity index (χ2n) is 13.7. The summed E-state index contributed by atoms with van der Waals surface area (Å²) in [5.74, 6) is -1.03. The number of rotatable bonds is 11. The van der Waals surface area contributed by atoms with Crippen molar-refractivity contribution in [2.45, 2.75) is 78.0 Å². The van der Waals surface area contributed by atoms with Gasteiger partial charge >= 0.3 is 5.97 Å². The number of allylic oxidation sites excluding steroid dienone is 2. The molecule has 0 spiro atoms. The van der Waals surface area contributed by atoms with Gasteiger partial charge in [0, 0.05) is 6.42 Å². The molecule has 0 saturated carbocycles. The van der Waals surface area contributed by atoms with E-state index < -0.39 is 23.4 Å². The molecule has 1 aliphatic rings. The monoisotopic (exact) mass is 654 g/mol. The summed E-state index contributed by atoms with van der Waals surface area (Å²) < 4.78 is 11.7. The van der Waals surface area contributed by atoms with Crippen molar-refractivity contribution in [2.24, 2.45) is 17.3 Å². The molecule has 0 radical (unpaired) electrons. The molecule has 0 fully saturated rings. The number of carbonyl (C=O) groups is 3. The molecule has 48 heavy (non-hydrogen) atoms. The lowest BCUT2D eigenvalue weighted by molar-refractivity contribution is -0.151. The van der Waals surface area contributed by atoms with Crippen molar-refractivity contribution in [3.63, 3.8) is 0 Å². The molecule has 1 aliphatic heterocycles. The lowest BCUT2D eigenvalue weighted by Gasteiger charge is -2.32. The Morgan fingerprint density at radius 1 is 0.917 bits per heavy atom. The van der Waals surface area contributed by atoms with Gasteiger partial charge in [0.15, 0.2) is 0 Å². The standard InChI is InChI=1S/C40H50N2O6/c1-40(2,3)36-28-48-39(46)33(23-29-13-7-4-8-14-29)18-12-6-11-17-32(38(45)42-36)25-37(44)41-34(26-43)24-30-19-21-35(22-20-30)47-27-31-15-9-5-10-16-31/h4-11,13-16,19-22,32-34,36,43H,12,17-18,23-28H2,1-3H3,(H,41,44)(H,42,45). The van der Waals surface area contributed by atoms with Gasteiger partial charge in [0.1, 0.15) is 19.0 Å². The van der Waals surface area contributed by atoms with Crippen molar-refractivity contribution < 1.29 is 29.0 Å². The van der Waals surface area contributed by atoms with Gasteiger partial charge in [0.2, 0.25) is 11.8 Å². The van der Waals surface area contributed by atoms with Gasteiger partial charge < -0.3 is 25.2 Å². The molecule has 0 bridgehead atoms. The van der Waals surface area contributed by atoms with Crippen LogP contribution in [0.4, 0.5) is 0 Å². The van der Waals surface area contributed by atoms with Gasteiger partial charge in [-0.2, -0.15) is 0 Å². The van der Waals surface area contributed by atoms with Gasteiger partial charge in [-0.3, -0.25) is 14.4 Å². The maximum Gasteiger partial charge on any atom is 0.309 e. The van der Waals surface area contributed by atoms with E-state index in [9.17, 15) is 19.5 Å². The summed E-state index contributed by atoms with van der Waals surface area (Å²) in [6, 6.07) is 26.5. The summed E-state index contributed by atoms with van der Waals surface area (Å²) in [7, 11) is 0. The first-order chi connectivity index (χ1) is 23.1. The Morgan fingerprint density at radius 2 is 1.58 bits per heavy atom. The van der Waals surface area contributed by atoms with E-state index in [0.717, 1.165) is 22.4 Å². The summed E-state index contributed by atoms with van der Waals surface area (Å²) >= 11 is 0. The molecule has 3 aromatic carbocycles. The second-order valence-corrected chi connectivity index (χ2v) is 13.7. The number of benzene rings is 3. The molecule has 4 atom stereocenters. The molecule has 4 unspecified atom stereocenters. The average Bonchev–Trinajstić information content (AvgIpc) is 3.09. The lowest BCUT2D eigenvalue weighted by Crippen LogP contribution is -2.50. The van der Waals surface area contributed by atoms with Crippen LogP contribution in [0.1, 0.15) is 63.1 Å². The van der Waals surface area contributed by atoms with Crippen molar-refractivity contribution in [2.75, 3.05) is 13.2 Å². The SMILES string of the molecule is CC(C)(C)C1COC(=O)C(Cc2ccccc2)CCC=CCC(CC(=O)NC(CO)Cc2ccc(OCc3ccccc3)cc2)C(=O)N1. The topological polar surface area (TPSA) is 114 Å². The van der Waals surface area contributed by atoms with Crippen molar-refractivity contribution >= 4 is 17.8 Å². The number of carbonyl (C=O) groups excluding carboxylic acids is 3. The van der Waals surface area contributed by atoms with Crippen molar-refractivity contribution in [3.05, 3.63) is 114 Å². The Hall–Kier alpha value is -4.43. The van der Waals surface area contributed by atoms with E-state index in [1.165, 1.54) is 0 Å². The zero-order chi connectivity index (χ0) is 34.4. The molecule has 0 aromatic heterocycles. The predicted octanol–water partition coefficient (Wildman–Crippen LogP) is 5.96. The fourth-order valence-corrected chi connectivity index (χ4v) is 5.66. The van der Waals surface area contributed by atoms with Crippen molar-refractivity contribution in [3.8, 4) is 5.75 Å². The van der Waals surface area contributed by atoms with Crippen LogP contribution < -0.4 is 15.4 Å². The summed E-state index contributed by atoms with van der Waals surface area (Å²) in [4.78, 5) is 40.0. The molecular weight excluding hydrogens is 604 g/mol. The predicted molar refractivity (Wildman–Crippen MR) is 187 cm³/mol. The van der Waals surface area contributed by atoms with E-state index in [0.29, 0.717) is 38.7 Å². The first-order valence-corrected chi connectivity index (χ1v) is 16.9. The summed E-state index contributed by atoms with van der Waals surface area (Å²) in [6.07, 6.45) is 6.53. The van der Waals surface area contributed by atoms with Crippen LogP contribution in [0, 0.1) is 17.3 Å². The molecular formula is C40H50N2O6. The smallest absolute Gasteiger partial charge is 0.309 e. The molecule has 256 valence electrons. The quantitative estimate of drug-likeness (QED) is 0.174. The van der Waals surface area contributed by atoms with E-state index in [1.54, 1.807) is 0 Å². The highest BCUT2D eigenvalue weighted by Crippen LogP contribution is 2.24. The highest BCUT2D eigenvalue weighted by atomic mass is 16.5. The first-order valence-electron chi connectivity index (χ1n) is 16.9. The van der Waals surface area contributed by atoms with Gasteiger partial charge in [0.05, 0.1) is 30.5 Å². The molecule has 8 nitrogen and oxygen atoms in total. The van der Waals surface area contributed by atoms with Crippen LogP contribution in [0.25, 0.3) is 0 Å². The van der Waals surface area contributed by atoms with E-state index in [4.69, 9.17) is 9.47 Å². The fourth-order valence-electron chi connectivity index (χ4n) is 5.66. The molecule has 2 amide bonds. The van der Waals surface area contributed by atoms with Gasteiger partial charge in [-0.05, 0) is 66.3 Å². The third kappa shape index (κ3) is 12.0. The maximum atomic E-state index is 13.6. The highest BCUT2D eigenvalue weighted by molar-refractivity contribution is 5.86. The Balaban J connectivity index is 1.36. The van der Waals surface area contributed by atoms with Crippen LogP contribution in [0.2, 0.25) is 0 Å². The minimum Gasteiger partial charge on any atom is -0.489 e. The third-order valence-corrected chi connectivity index (χ3v) is 8.72. The Labute approximate surface area is 284 Å². The Morgan fingerprint density at radius 3 is 2.23 bits per heavy atom. The van der Waals surface area contributed by atoms with Gasteiger partial charge in [-0.1, -0.05) is 106 Å². The van der Waals surface area contributed by atoms with Gasteiger partial charge in [-0.15, -0.1) is 0 Å². The van der Waals surface area contributed by atoms with Crippen LogP contribution in [0.15, 0.2) is 97.1 Å². The van der Waals surface area contributed by atoms with Gasteiger partial charge in [-0.25, -0.2) is 0 Å². The molecule has 3 aromatic rings. The Bertz CT molecular complexity index is 1470. The average molecular weight is 655 g/mol. The van der Waals surface area contributed by atoms with Gasteiger partial charge in [0.25, 0.3) is 0 Å². The van der Waals surface area contributed by atoms with E-state index in [-0.39, 0.29) is 43.3 Å². The zero-order valence-corrected chi connectivity index (χ0v) is 28.4. The van der Waals surface area contributed by atoms with E-state index >= 15 is 0 Å². The van der Waals surface area contributed by atoms with Crippen LogP contribution >= 0.6 is 0 Å². The minimum atomic E-state index is -0.622. The molecule has 0 saturated heterocycles. The second kappa shape index (κ2) is 18.2. The van der Waals surface area contributed by atoms with Crippen molar-refractivity contribution in [1.29, 1.82) is 0 Å². The van der Waals surface area contributed by atoms with E-state index in [1.807, 2.05) is 118 Å². The third-order valence-electron chi connectivity index (χ3n) is 8.72. The number of cyclic esters (lactones) is 1. The first kappa shape index (κ1) is 36.4. The number of nitrogens with one attached hydrogen (secondary N) is 2. The summed E-state index contributed by atoms with van der Waals surface area (Å²) in [6.45, 7) is 6.24. The molecule has 3 N–H and O–H groups in total. The number of esters is 1. The fraction of sp³-hybridized carbons (Fsp3) is 0.425. The normalized spacial score (nSPS) is 19.9.